The summed E-state index contributed by atoms with van der Waals surface area (Å²) in [5.41, 5.74) is 2.33. The summed E-state index contributed by atoms with van der Waals surface area (Å²) in [6.07, 6.45) is 5.99. The highest BCUT2D eigenvalue weighted by atomic mass is 127. The van der Waals surface area contributed by atoms with Crippen LogP contribution < -0.4 is 10.6 Å². The molecule has 0 amide bonds. The van der Waals surface area contributed by atoms with Crippen LogP contribution in [0.1, 0.15) is 56.0 Å². The summed E-state index contributed by atoms with van der Waals surface area (Å²) in [5.74, 6) is 2.85. The minimum Gasteiger partial charge on any atom is -0.359 e. The van der Waals surface area contributed by atoms with E-state index in [1.807, 2.05) is 25.4 Å². The predicted octanol–water partition coefficient (Wildman–Crippen LogP) is 4.50. The molecule has 8 heteroatoms. The number of hydrogen-bond acceptors (Lipinski definition) is 4. The number of benzene rings is 1. The van der Waals surface area contributed by atoms with Gasteiger partial charge in [-0.2, -0.15) is 0 Å². The molecule has 3 rings (SSSR count). The number of hydrogen-bond donors (Lipinski definition) is 2. The van der Waals surface area contributed by atoms with Crippen LogP contribution in [0.3, 0.4) is 0 Å². The Morgan fingerprint density at radius 1 is 1.19 bits per heavy atom. The number of imidazole rings is 1. The zero-order chi connectivity index (χ0) is 21.2. The van der Waals surface area contributed by atoms with Crippen molar-refractivity contribution in [3.8, 4) is 0 Å². The molecule has 0 saturated heterocycles. The Bertz CT molecular complexity index is 919. The van der Waals surface area contributed by atoms with E-state index in [1.54, 1.807) is 0 Å². The summed E-state index contributed by atoms with van der Waals surface area (Å²) in [5, 5.41) is 10.7. The molecule has 31 heavy (non-hydrogen) atoms. The van der Waals surface area contributed by atoms with E-state index in [9.17, 15) is 0 Å². The Kier molecular flexibility index (Phi) is 10.6. The zero-order valence-electron chi connectivity index (χ0n) is 18.5. The van der Waals surface area contributed by atoms with E-state index < -0.39 is 0 Å². The molecule has 2 aromatic heterocycles. The molecule has 0 radical (unpaired) electrons. The summed E-state index contributed by atoms with van der Waals surface area (Å²) < 4.78 is 7.57. The Labute approximate surface area is 201 Å². The molecule has 2 heterocycles. The maximum Gasteiger partial charge on any atom is 0.192 e. The Balaban J connectivity index is 0.00000341. The van der Waals surface area contributed by atoms with Crippen molar-refractivity contribution in [2.24, 2.45) is 4.99 Å². The highest BCUT2D eigenvalue weighted by Crippen LogP contribution is 2.13. The van der Waals surface area contributed by atoms with Crippen LogP contribution in [0.25, 0.3) is 0 Å². The first-order valence-electron chi connectivity index (χ1n) is 10.7. The van der Waals surface area contributed by atoms with Crippen LogP contribution in [0.5, 0.6) is 0 Å². The molecule has 0 aliphatic carbocycles. The van der Waals surface area contributed by atoms with Crippen LogP contribution in [0, 0.1) is 0 Å². The lowest BCUT2D eigenvalue weighted by atomic mass is 10.1. The Hall–Kier alpha value is -2.36. The minimum absolute atomic E-state index is 0. The number of aryl methyl sites for hydroxylation is 2. The van der Waals surface area contributed by atoms with Crippen LogP contribution in [0.15, 0.2) is 58.3 Å². The van der Waals surface area contributed by atoms with E-state index in [-0.39, 0.29) is 24.0 Å². The van der Waals surface area contributed by atoms with Crippen molar-refractivity contribution < 1.29 is 4.52 Å². The van der Waals surface area contributed by atoms with Gasteiger partial charge in [-0.25, -0.2) is 9.98 Å². The fraction of sp³-hybridized carbons (Fsp3) is 0.435. The topological polar surface area (TPSA) is 80.3 Å². The Morgan fingerprint density at radius 2 is 2.00 bits per heavy atom. The molecular weight excluding hydrogens is 503 g/mol. The second-order valence-corrected chi connectivity index (χ2v) is 7.55. The molecule has 0 aliphatic heterocycles. The van der Waals surface area contributed by atoms with Crippen LogP contribution in [-0.4, -0.2) is 27.2 Å². The largest absolute Gasteiger partial charge is 0.359 e. The van der Waals surface area contributed by atoms with E-state index in [4.69, 9.17) is 4.52 Å². The van der Waals surface area contributed by atoms with Crippen molar-refractivity contribution in [1.82, 2.24) is 25.3 Å². The van der Waals surface area contributed by atoms with Crippen LogP contribution in [0.2, 0.25) is 0 Å². The molecule has 0 aliphatic rings. The standard InChI is InChI=1S/C23H32N6O.HI/c1-4-24-23(26-16-20-15-21(18(2)3)28-30-20)27-17-22-25-12-14-29(22)13-8-11-19-9-6-5-7-10-19;/h5-7,9-10,12,14-15,18H,4,8,11,13,16-17H2,1-3H3,(H2,24,26,27);1H. The van der Waals surface area contributed by atoms with E-state index in [1.165, 1.54) is 5.56 Å². The summed E-state index contributed by atoms with van der Waals surface area (Å²) in [6.45, 7) is 9.02. The number of aliphatic imine (C=N–C) groups is 1. The minimum atomic E-state index is 0. The van der Waals surface area contributed by atoms with E-state index in [0.717, 1.165) is 49.2 Å². The van der Waals surface area contributed by atoms with Gasteiger partial charge in [-0.05, 0) is 31.2 Å². The zero-order valence-corrected chi connectivity index (χ0v) is 20.9. The third kappa shape index (κ3) is 8.01. The molecule has 3 aromatic rings. The van der Waals surface area contributed by atoms with Gasteiger partial charge in [0.25, 0.3) is 0 Å². The maximum atomic E-state index is 5.39. The van der Waals surface area contributed by atoms with Gasteiger partial charge in [0.1, 0.15) is 12.4 Å². The fourth-order valence-corrected chi connectivity index (χ4v) is 3.14. The summed E-state index contributed by atoms with van der Waals surface area (Å²) >= 11 is 0. The highest BCUT2D eigenvalue weighted by Gasteiger charge is 2.09. The van der Waals surface area contributed by atoms with E-state index >= 15 is 0 Å². The molecule has 0 spiro atoms. The molecule has 0 fully saturated rings. The number of nitrogens with one attached hydrogen (secondary N) is 2. The lowest BCUT2D eigenvalue weighted by Crippen LogP contribution is -2.36. The van der Waals surface area contributed by atoms with Crippen LogP contribution >= 0.6 is 24.0 Å². The molecule has 2 N–H and O–H groups in total. The van der Waals surface area contributed by atoms with Gasteiger partial charge in [-0.1, -0.05) is 49.3 Å². The molecule has 1 aromatic carbocycles. The number of rotatable bonds is 10. The van der Waals surface area contributed by atoms with Gasteiger partial charge in [0, 0.05) is 31.5 Å². The van der Waals surface area contributed by atoms with Crippen molar-refractivity contribution in [2.75, 3.05) is 6.54 Å². The van der Waals surface area contributed by atoms with E-state index in [0.29, 0.717) is 19.0 Å². The fourth-order valence-electron chi connectivity index (χ4n) is 3.14. The molecule has 0 atom stereocenters. The third-order valence-corrected chi connectivity index (χ3v) is 4.83. The van der Waals surface area contributed by atoms with Crippen molar-refractivity contribution in [3.05, 3.63) is 71.6 Å². The highest BCUT2D eigenvalue weighted by molar-refractivity contribution is 14.0. The van der Waals surface area contributed by atoms with E-state index in [2.05, 4.69) is 74.5 Å². The number of halogens is 1. The summed E-state index contributed by atoms with van der Waals surface area (Å²) in [7, 11) is 0. The molecule has 0 unspecified atom stereocenters. The monoisotopic (exact) mass is 536 g/mol. The Morgan fingerprint density at radius 3 is 2.71 bits per heavy atom. The normalized spacial score (nSPS) is 11.4. The number of aromatic nitrogens is 3. The lowest BCUT2D eigenvalue weighted by molar-refractivity contribution is 0.372. The van der Waals surface area contributed by atoms with Gasteiger partial charge in [-0.15, -0.1) is 24.0 Å². The first kappa shape index (κ1) is 24.9. The molecule has 0 bridgehead atoms. The predicted molar refractivity (Wildman–Crippen MR) is 135 cm³/mol. The average molecular weight is 536 g/mol. The first-order valence-corrected chi connectivity index (χ1v) is 10.7. The van der Waals surface area contributed by atoms with Crippen molar-refractivity contribution in [1.29, 1.82) is 0 Å². The number of guanidine groups is 1. The van der Waals surface area contributed by atoms with Crippen LogP contribution in [0.4, 0.5) is 0 Å². The van der Waals surface area contributed by atoms with Crippen LogP contribution in [-0.2, 0) is 26.1 Å². The average Bonchev–Trinajstić information content (AvgIpc) is 3.40. The molecule has 7 nitrogen and oxygen atoms in total. The smallest absolute Gasteiger partial charge is 0.192 e. The second-order valence-electron chi connectivity index (χ2n) is 7.55. The van der Waals surface area contributed by atoms with Gasteiger partial charge in [0.15, 0.2) is 11.7 Å². The van der Waals surface area contributed by atoms with Gasteiger partial charge in [0.05, 0.1) is 12.2 Å². The van der Waals surface area contributed by atoms with Gasteiger partial charge >= 0.3 is 0 Å². The summed E-state index contributed by atoms with van der Waals surface area (Å²) in [6, 6.07) is 12.6. The van der Waals surface area contributed by atoms with Gasteiger partial charge in [-0.3, -0.25) is 0 Å². The van der Waals surface area contributed by atoms with Crippen molar-refractivity contribution in [2.45, 2.75) is 59.2 Å². The van der Waals surface area contributed by atoms with Gasteiger partial charge < -0.3 is 19.7 Å². The first-order chi connectivity index (χ1) is 14.7. The quantitative estimate of drug-likeness (QED) is 0.227. The summed E-state index contributed by atoms with van der Waals surface area (Å²) in [4.78, 5) is 9.18. The maximum absolute atomic E-state index is 5.39. The second kappa shape index (κ2) is 13.1. The lowest BCUT2D eigenvalue weighted by Gasteiger charge is -2.11. The van der Waals surface area contributed by atoms with Gasteiger partial charge in [0.2, 0.25) is 0 Å². The van der Waals surface area contributed by atoms with Crippen molar-refractivity contribution >= 4 is 29.9 Å². The third-order valence-electron chi connectivity index (χ3n) is 4.83. The molecular formula is C23H33IN6O. The van der Waals surface area contributed by atoms with Crippen molar-refractivity contribution in [3.63, 3.8) is 0 Å². The SMILES string of the molecule is CCNC(=NCc1nccn1CCCc1ccccc1)NCc1cc(C(C)C)no1.I. The molecule has 0 saturated carbocycles. The number of nitrogens with zero attached hydrogens (tertiary/aromatic N) is 4. The molecule has 168 valence electrons.